The van der Waals surface area contributed by atoms with Crippen LogP contribution in [0.15, 0.2) is 47.5 Å². The molecule has 3 rings (SSSR count). The first-order valence-corrected chi connectivity index (χ1v) is 8.66. The minimum absolute atomic E-state index is 0.402. The zero-order chi connectivity index (χ0) is 16.1. The van der Waals surface area contributed by atoms with Crippen molar-refractivity contribution in [3.8, 4) is 0 Å². The summed E-state index contributed by atoms with van der Waals surface area (Å²) in [6, 6.07) is 11.4. The van der Waals surface area contributed by atoms with Crippen LogP contribution in [0.4, 0.5) is 0 Å². The van der Waals surface area contributed by atoms with E-state index < -0.39 is 10.0 Å². The lowest BCUT2D eigenvalue weighted by Crippen LogP contribution is -2.15. The van der Waals surface area contributed by atoms with Gasteiger partial charge in [-0.05, 0) is 50.5 Å². The van der Waals surface area contributed by atoms with Crippen LogP contribution < -0.4 is 0 Å². The first-order chi connectivity index (χ1) is 10.3. The molecule has 0 unspecified atom stereocenters. The lowest BCUT2D eigenvalue weighted by Gasteiger charge is -2.14. The molecular weight excluding hydrogens is 294 g/mol. The van der Waals surface area contributed by atoms with Crippen molar-refractivity contribution in [2.24, 2.45) is 0 Å². The third-order valence-electron chi connectivity index (χ3n) is 4.00. The van der Waals surface area contributed by atoms with Gasteiger partial charge in [-0.3, -0.25) is 0 Å². The second-order valence-electron chi connectivity index (χ2n) is 5.86. The fourth-order valence-electron chi connectivity index (χ4n) is 3.19. The van der Waals surface area contributed by atoms with Crippen LogP contribution in [0.1, 0.15) is 22.3 Å². The van der Waals surface area contributed by atoms with Crippen LogP contribution in [-0.4, -0.2) is 12.4 Å². The van der Waals surface area contributed by atoms with E-state index in [0.717, 1.165) is 33.2 Å². The van der Waals surface area contributed by atoms with E-state index in [2.05, 4.69) is 0 Å². The summed E-state index contributed by atoms with van der Waals surface area (Å²) in [6.45, 7) is 7.62. The summed E-state index contributed by atoms with van der Waals surface area (Å²) in [5.41, 5.74) is 4.32. The summed E-state index contributed by atoms with van der Waals surface area (Å²) in [5, 5.41) is 0.966. The van der Waals surface area contributed by atoms with Crippen molar-refractivity contribution in [1.29, 1.82) is 0 Å². The van der Waals surface area contributed by atoms with Crippen molar-refractivity contribution in [3.05, 3.63) is 64.8 Å². The Morgan fingerprint density at radius 2 is 1.45 bits per heavy atom. The van der Waals surface area contributed by atoms with Gasteiger partial charge in [0.2, 0.25) is 0 Å². The Bertz CT molecular complexity index is 958. The maximum Gasteiger partial charge on any atom is 0.268 e. The molecule has 0 radical (unpaired) electrons. The van der Waals surface area contributed by atoms with E-state index in [0.29, 0.717) is 4.90 Å². The SMILES string of the molecule is Cc1cc(C)c(S(=O)(=O)n2cc(C)c3ccccc32)c(C)c1. The molecule has 22 heavy (non-hydrogen) atoms. The van der Waals surface area contributed by atoms with E-state index >= 15 is 0 Å². The van der Waals surface area contributed by atoms with E-state index in [4.69, 9.17) is 0 Å². The van der Waals surface area contributed by atoms with Gasteiger partial charge >= 0.3 is 0 Å². The largest absolute Gasteiger partial charge is 0.268 e. The van der Waals surface area contributed by atoms with Crippen molar-refractivity contribution < 1.29 is 8.42 Å². The standard InChI is InChI=1S/C18H19NO2S/c1-12-9-13(2)18(14(3)10-12)22(20,21)19-11-15(4)16-7-5-6-8-17(16)19/h5-11H,1-4H3. The number of aryl methyl sites for hydroxylation is 4. The summed E-state index contributed by atoms with van der Waals surface area (Å²) < 4.78 is 27.8. The number of para-hydroxylation sites is 1. The number of hydrogen-bond acceptors (Lipinski definition) is 2. The molecule has 0 aliphatic carbocycles. The lowest BCUT2D eigenvalue weighted by atomic mass is 10.1. The van der Waals surface area contributed by atoms with Gasteiger partial charge in [0.15, 0.2) is 0 Å². The Morgan fingerprint density at radius 1 is 0.864 bits per heavy atom. The number of nitrogens with zero attached hydrogens (tertiary/aromatic N) is 1. The Labute approximate surface area is 131 Å². The van der Waals surface area contributed by atoms with Gasteiger partial charge in [-0.25, -0.2) is 12.4 Å². The molecule has 3 nitrogen and oxygen atoms in total. The van der Waals surface area contributed by atoms with Gasteiger partial charge in [-0.1, -0.05) is 35.9 Å². The second kappa shape index (κ2) is 4.99. The van der Waals surface area contributed by atoms with Crippen molar-refractivity contribution in [1.82, 2.24) is 3.97 Å². The molecular formula is C18H19NO2S. The zero-order valence-electron chi connectivity index (χ0n) is 13.2. The lowest BCUT2D eigenvalue weighted by molar-refractivity contribution is 0.587. The summed E-state index contributed by atoms with van der Waals surface area (Å²) in [7, 11) is -3.61. The summed E-state index contributed by atoms with van der Waals surface area (Å²) in [4.78, 5) is 0.402. The van der Waals surface area contributed by atoms with Crippen LogP contribution in [0.25, 0.3) is 10.9 Å². The van der Waals surface area contributed by atoms with Crippen LogP contribution in [-0.2, 0) is 10.0 Å². The Balaban J connectivity index is 2.35. The van der Waals surface area contributed by atoms with Crippen LogP contribution in [0.5, 0.6) is 0 Å². The number of benzene rings is 2. The minimum Gasteiger partial charge on any atom is -0.241 e. The van der Waals surface area contributed by atoms with Crippen LogP contribution >= 0.6 is 0 Å². The smallest absolute Gasteiger partial charge is 0.241 e. The van der Waals surface area contributed by atoms with Crippen molar-refractivity contribution in [2.45, 2.75) is 32.6 Å². The molecule has 0 N–H and O–H groups in total. The van der Waals surface area contributed by atoms with Crippen molar-refractivity contribution >= 4 is 20.9 Å². The van der Waals surface area contributed by atoms with E-state index in [1.54, 1.807) is 6.20 Å². The first-order valence-electron chi connectivity index (χ1n) is 7.22. The molecule has 4 heteroatoms. The zero-order valence-corrected chi connectivity index (χ0v) is 14.0. The number of aromatic nitrogens is 1. The average Bonchev–Trinajstić information content (AvgIpc) is 2.76. The summed E-state index contributed by atoms with van der Waals surface area (Å²) in [6.07, 6.45) is 1.71. The molecule has 0 spiro atoms. The second-order valence-corrected chi connectivity index (χ2v) is 7.61. The van der Waals surface area contributed by atoms with Gasteiger partial charge in [0.05, 0.1) is 10.4 Å². The summed E-state index contributed by atoms with van der Waals surface area (Å²) >= 11 is 0. The van der Waals surface area contributed by atoms with E-state index in [1.807, 2.05) is 64.1 Å². The summed E-state index contributed by atoms with van der Waals surface area (Å²) in [5.74, 6) is 0. The van der Waals surface area contributed by atoms with Gasteiger partial charge in [0.25, 0.3) is 10.0 Å². The van der Waals surface area contributed by atoms with Gasteiger partial charge in [0, 0.05) is 11.6 Å². The maximum atomic E-state index is 13.2. The molecule has 0 saturated heterocycles. The minimum atomic E-state index is -3.61. The Hall–Kier alpha value is -2.07. The fourth-order valence-corrected chi connectivity index (χ4v) is 5.03. The molecule has 0 fully saturated rings. The Kier molecular flexibility index (Phi) is 3.37. The highest BCUT2D eigenvalue weighted by molar-refractivity contribution is 7.90. The molecule has 0 atom stereocenters. The predicted molar refractivity (Wildman–Crippen MR) is 89.9 cm³/mol. The van der Waals surface area contributed by atoms with Gasteiger partial charge in [-0.2, -0.15) is 0 Å². The molecule has 0 aliphatic rings. The number of rotatable bonds is 2. The average molecular weight is 313 g/mol. The van der Waals surface area contributed by atoms with E-state index in [9.17, 15) is 8.42 Å². The molecule has 114 valence electrons. The van der Waals surface area contributed by atoms with Crippen LogP contribution in [0.3, 0.4) is 0 Å². The quantitative estimate of drug-likeness (QED) is 0.714. The molecule has 1 aromatic heterocycles. The van der Waals surface area contributed by atoms with Crippen LogP contribution in [0.2, 0.25) is 0 Å². The molecule has 1 heterocycles. The third-order valence-corrected chi connectivity index (χ3v) is 5.98. The molecule has 0 bridgehead atoms. The normalized spacial score (nSPS) is 12.0. The van der Waals surface area contributed by atoms with Gasteiger partial charge in [0.1, 0.15) is 0 Å². The highest BCUT2D eigenvalue weighted by atomic mass is 32.2. The predicted octanol–water partition coefficient (Wildman–Crippen LogP) is 4.11. The molecule has 2 aromatic carbocycles. The van der Waals surface area contributed by atoms with E-state index in [1.165, 1.54) is 3.97 Å². The number of fused-ring (bicyclic) bond motifs is 1. The Morgan fingerprint density at radius 3 is 2.09 bits per heavy atom. The monoisotopic (exact) mass is 313 g/mol. The molecule has 0 saturated carbocycles. The maximum absolute atomic E-state index is 13.2. The highest BCUT2D eigenvalue weighted by Gasteiger charge is 2.24. The van der Waals surface area contributed by atoms with Gasteiger partial charge in [-0.15, -0.1) is 0 Å². The first kappa shape index (κ1) is 14.9. The number of hydrogen-bond donors (Lipinski definition) is 0. The topological polar surface area (TPSA) is 39.1 Å². The van der Waals surface area contributed by atoms with E-state index in [-0.39, 0.29) is 0 Å². The molecule has 0 aliphatic heterocycles. The third kappa shape index (κ3) is 2.15. The highest BCUT2D eigenvalue weighted by Crippen LogP contribution is 2.29. The molecule has 3 aromatic rings. The van der Waals surface area contributed by atoms with Crippen molar-refractivity contribution in [2.75, 3.05) is 0 Å². The van der Waals surface area contributed by atoms with Gasteiger partial charge < -0.3 is 0 Å². The van der Waals surface area contributed by atoms with Crippen LogP contribution in [0, 0.1) is 27.7 Å². The fraction of sp³-hybridized carbons (Fsp3) is 0.222. The van der Waals surface area contributed by atoms with Crippen molar-refractivity contribution in [3.63, 3.8) is 0 Å². The molecule has 0 amide bonds.